The molecule has 9 heteroatoms. The highest BCUT2D eigenvalue weighted by molar-refractivity contribution is 7.99. The maximum atomic E-state index is 11.9. The van der Waals surface area contributed by atoms with Gasteiger partial charge in [-0.2, -0.15) is 0 Å². The van der Waals surface area contributed by atoms with Crippen LogP contribution in [0.15, 0.2) is 125 Å². The second kappa shape index (κ2) is 17.3. The van der Waals surface area contributed by atoms with Gasteiger partial charge in [0.25, 0.3) is 0 Å². The summed E-state index contributed by atoms with van der Waals surface area (Å²) in [6.07, 6.45) is 4.37. The van der Waals surface area contributed by atoms with Gasteiger partial charge in [-0.25, -0.2) is 0 Å². The van der Waals surface area contributed by atoms with E-state index in [0.29, 0.717) is 26.4 Å². The van der Waals surface area contributed by atoms with E-state index in [1.165, 1.54) is 22.3 Å². The van der Waals surface area contributed by atoms with Crippen LogP contribution in [0.3, 0.4) is 0 Å². The van der Waals surface area contributed by atoms with E-state index in [1.54, 1.807) is 11.8 Å². The summed E-state index contributed by atoms with van der Waals surface area (Å²) >= 11 is 1.55. The number of aromatic nitrogens is 3. The SMILES string of the molecule is CCOC(=O)Cc1ccc(NCc2ccc(Sc3nnc(COc4ccc(C)c5c4CCC5)n3-c3ccccc3)cc2OCCc2ccccc2)cc1. The molecule has 0 saturated carbocycles. The normalized spacial score (nSPS) is 12.0. The van der Waals surface area contributed by atoms with E-state index in [0.717, 1.165) is 75.6 Å². The maximum Gasteiger partial charge on any atom is 0.310 e. The van der Waals surface area contributed by atoms with Gasteiger partial charge in [0.2, 0.25) is 5.16 Å². The first-order valence-electron chi connectivity index (χ1n) is 18.2. The van der Waals surface area contributed by atoms with Gasteiger partial charge >= 0.3 is 5.97 Å². The number of fused-ring (bicyclic) bond motifs is 1. The van der Waals surface area contributed by atoms with Crippen molar-refractivity contribution in [2.24, 2.45) is 0 Å². The van der Waals surface area contributed by atoms with Crippen LogP contribution in [0.4, 0.5) is 5.69 Å². The summed E-state index contributed by atoms with van der Waals surface area (Å²) in [5.74, 6) is 2.26. The molecule has 0 atom stereocenters. The van der Waals surface area contributed by atoms with Crippen LogP contribution in [0, 0.1) is 6.92 Å². The lowest BCUT2D eigenvalue weighted by atomic mass is 10.0. The molecular formula is C44H44N4O4S. The highest BCUT2D eigenvalue weighted by Crippen LogP contribution is 2.36. The lowest BCUT2D eigenvalue weighted by Gasteiger charge is -2.16. The highest BCUT2D eigenvalue weighted by Gasteiger charge is 2.21. The molecule has 1 heterocycles. The number of rotatable bonds is 16. The zero-order chi connectivity index (χ0) is 36.4. The van der Waals surface area contributed by atoms with Crippen LogP contribution < -0.4 is 14.8 Å². The van der Waals surface area contributed by atoms with Gasteiger partial charge in [0, 0.05) is 34.8 Å². The van der Waals surface area contributed by atoms with Crippen molar-refractivity contribution in [1.29, 1.82) is 0 Å². The fourth-order valence-electron chi connectivity index (χ4n) is 6.65. The van der Waals surface area contributed by atoms with Crippen LogP contribution in [-0.4, -0.2) is 33.9 Å². The van der Waals surface area contributed by atoms with Crippen molar-refractivity contribution in [3.05, 3.63) is 154 Å². The first-order valence-corrected chi connectivity index (χ1v) is 19.1. The molecule has 53 heavy (non-hydrogen) atoms. The van der Waals surface area contributed by atoms with E-state index in [-0.39, 0.29) is 12.4 Å². The molecule has 5 aromatic carbocycles. The molecule has 0 unspecified atom stereocenters. The van der Waals surface area contributed by atoms with Crippen LogP contribution in [0.2, 0.25) is 0 Å². The Morgan fingerprint density at radius 1 is 0.811 bits per heavy atom. The number of para-hydroxylation sites is 1. The van der Waals surface area contributed by atoms with Crippen molar-refractivity contribution >= 4 is 23.4 Å². The van der Waals surface area contributed by atoms with Gasteiger partial charge < -0.3 is 19.5 Å². The smallest absolute Gasteiger partial charge is 0.310 e. The quantitative estimate of drug-likeness (QED) is 0.0990. The lowest BCUT2D eigenvalue weighted by molar-refractivity contribution is -0.142. The van der Waals surface area contributed by atoms with Crippen molar-refractivity contribution in [2.75, 3.05) is 18.5 Å². The molecule has 7 rings (SSSR count). The maximum absolute atomic E-state index is 11.9. The zero-order valence-electron chi connectivity index (χ0n) is 30.2. The first kappa shape index (κ1) is 35.8. The van der Waals surface area contributed by atoms with E-state index in [9.17, 15) is 4.79 Å². The predicted molar refractivity (Wildman–Crippen MR) is 209 cm³/mol. The number of carbonyl (C=O) groups excluding carboxylic acids is 1. The minimum absolute atomic E-state index is 0.222. The molecule has 1 aliphatic carbocycles. The van der Waals surface area contributed by atoms with Gasteiger partial charge in [0.1, 0.15) is 18.1 Å². The second-order valence-electron chi connectivity index (χ2n) is 13.0. The Kier molecular flexibility index (Phi) is 11.7. The standard InChI is InChI=1S/C44H44N4O4S/c1-3-50-43(49)27-33-18-21-35(22-19-33)45-29-34-20-23-37(28-41(34)51-26-25-32-11-6-4-7-12-32)53-44-47-46-42(48(44)36-13-8-5-9-14-36)30-52-40-24-17-31(2)38-15-10-16-39(38)40/h4-9,11-14,17-24,28,45H,3,10,15-16,25-27,29-30H2,1-2H3. The molecular weight excluding hydrogens is 681 g/mol. The van der Waals surface area contributed by atoms with Crippen molar-refractivity contribution in [3.63, 3.8) is 0 Å². The minimum atomic E-state index is -0.222. The summed E-state index contributed by atoms with van der Waals surface area (Å²) in [7, 11) is 0. The molecule has 0 spiro atoms. The summed E-state index contributed by atoms with van der Waals surface area (Å²) in [5, 5.41) is 13.6. The van der Waals surface area contributed by atoms with E-state index >= 15 is 0 Å². The Morgan fingerprint density at radius 2 is 1.58 bits per heavy atom. The number of carbonyl (C=O) groups is 1. The number of benzene rings is 5. The van der Waals surface area contributed by atoms with Crippen molar-refractivity contribution < 1.29 is 19.0 Å². The second-order valence-corrected chi connectivity index (χ2v) is 14.1. The van der Waals surface area contributed by atoms with Crippen LogP contribution in [0.25, 0.3) is 5.69 Å². The molecule has 1 aromatic heterocycles. The number of nitrogens with zero attached hydrogens (tertiary/aromatic N) is 3. The molecule has 0 fully saturated rings. The molecule has 0 saturated heterocycles. The van der Waals surface area contributed by atoms with Crippen LogP contribution in [0.1, 0.15) is 52.5 Å². The third-order valence-corrected chi connectivity index (χ3v) is 10.3. The number of hydrogen-bond acceptors (Lipinski definition) is 8. The van der Waals surface area contributed by atoms with Gasteiger partial charge in [-0.1, -0.05) is 72.8 Å². The Balaban J connectivity index is 1.11. The molecule has 270 valence electrons. The average molecular weight is 725 g/mol. The number of anilines is 1. The van der Waals surface area contributed by atoms with E-state index in [1.807, 2.05) is 55.5 Å². The van der Waals surface area contributed by atoms with E-state index in [2.05, 4.69) is 93.7 Å². The third kappa shape index (κ3) is 9.10. The third-order valence-electron chi connectivity index (χ3n) is 9.38. The Bertz CT molecular complexity index is 2140. The summed E-state index contributed by atoms with van der Waals surface area (Å²) in [4.78, 5) is 12.9. The van der Waals surface area contributed by atoms with E-state index in [4.69, 9.17) is 14.2 Å². The van der Waals surface area contributed by atoms with Crippen LogP contribution in [0.5, 0.6) is 11.5 Å². The van der Waals surface area contributed by atoms with Crippen molar-refractivity contribution in [1.82, 2.24) is 14.8 Å². The number of aryl methyl sites for hydroxylation is 1. The van der Waals surface area contributed by atoms with E-state index < -0.39 is 0 Å². The fraction of sp³-hybridized carbons (Fsp3) is 0.250. The average Bonchev–Trinajstić information content (AvgIpc) is 3.84. The van der Waals surface area contributed by atoms with Crippen molar-refractivity contribution in [2.45, 2.75) is 69.2 Å². The Labute approximate surface area is 315 Å². The van der Waals surface area contributed by atoms with Gasteiger partial charge in [-0.05, 0) is 115 Å². The van der Waals surface area contributed by atoms with Gasteiger partial charge in [0.15, 0.2) is 5.82 Å². The molecule has 0 radical (unpaired) electrons. The molecule has 0 bridgehead atoms. The summed E-state index contributed by atoms with van der Waals surface area (Å²) in [5.41, 5.74) is 9.18. The van der Waals surface area contributed by atoms with Crippen LogP contribution >= 0.6 is 11.8 Å². The molecule has 1 N–H and O–H groups in total. The predicted octanol–water partition coefficient (Wildman–Crippen LogP) is 9.13. The molecule has 0 amide bonds. The minimum Gasteiger partial charge on any atom is -0.493 e. The van der Waals surface area contributed by atoms with Gasteiger partial charge in [0.05, 0.1) is 19.6 Å². The monoisotopic (exact) mass is 724 g/mol. The number of hydrogen-bond donors (Lipinski definition) is 1. The fourth-order valence-corrected chi connectivity index (χ4v) is 7.55. The number of ether oxygens (including phenoxy) is 3. The summed E-state index contributed by atoms with van der Waals surface area (Å²) < 4.78 is 20.1. The largest absolute Gasteiger partial charge is 0.493 e. The zero-order valence-corrected chi connectivity index (χ0v) is 31.0. The van der Waals surface area contributed by atoms with Crippen molar-refractivity contribution in [3.8, 4) is 17.2 Å². The number of esters is 1. The molecule has 8 nitrogen and oxygen atoms in total. The topological polar surface area (TPSA) is 87.5 Å². The Hall–Kier alpha value is -5.54. The first-order chi connectivity index (χ1) is 26.0. The van der Waals surface area contributed by atoms with Gasteiger partial charge in [-0.15, -0.1) is 10.2 Å². The lowest BCUT2D eigenvalue weighted by Crippen LogP contribution is -2.08. The summed E-state index contributed by atoms with van der Waals surface area (Å²) in [6.45, 7) is 5.79. The van der Waals surface area contributed by atoms with Gasteiger partial charge in [-0.3, -0.25) is 9.36 Å². The Morgan fingerprint density at radius 3 is 2.38 bits per heavy atom. The van der Waals surface area contributed by atoms with Crippen LogP contribution in [-0.2, 0) is 48.4 Å². The summed E-state index contributed by atoms with van der Waals surface area (Å²) in [6, 6.07) is 39.0. The molecule has 6 aromatic rings. The molecule has 1 aliphatic rings. The number of nitrogens with one attached hydrogen (secondary N) is 1. The molecule has 0 aliphatic heterocycles. The highest BCUT2D eigenvalue weighted by atomic mass is 32.2.